The molecule has 1 saturated heterocycles. The van der Waals surface area contributed by atoms with Crippen molar-refractivity contribution < 1.29 is 4.42 Å². The van der Waals surface area contributed by atoms with E-state index in [4.69, 9.17) is 10.2 Å². The number of likely N-dealkylation sites (tertiary alicyclic amines) is 1. The molecule has 1 aromatic heterocycles. The summed E-state index contributed by atoms with van der Waals surface area (Å²) < 4.78 is 7.54. The zero-order valence-corrected chi connectivity index (χ0v) is 14.1. The van der Waals surface area contributed by atoms with E-state index in [1.54, 1.807) is 0 Å². The SMILES string of the molecule is NCC(c1cc(Br)c(Br)o1)N1CCC2CCCCC21. The Balaban J connectivity index is 1.82. The minimum Gasteiger partial charge on any atom is -0.451 e. The Morgan fingerprint density at radius 1 is 1.32 bits per heavy atom. The van der Waals surface area contributed by atoms with Crippen LogP contribution in [0.25, 0.3) is 0 Å². The molecule has 3 unspecified atom stereocenters. The van der Waals surface area contributed by atoms with Crippen LogP contribution in [0.15, 0.2) is 19.6 Å². The van der Waals surface area contributed by atoms with Crippen molar-refractivity contribution in [2.45, 2.75) is 44.2 Å². The van der Waals surface area contributed by atoms with Crippen LogP contribution in [0.1, 0.15) is 43.9 Å². The van der Waals surface area contributed by atoms with Crippen molar-refractivity contribution in [1.29, 1.82) is 0 Å². The average molecular weight is 392 g/mol. The zero-order valence-electron chi connectivity index (χ0n) is 10.9. The van der Waals surface area contributed by atoms with Gasteiger partial charge in [0.25, 0.3) is 0 Å². The first kappa shape index (κ1) is 14.1. The predicted molar refractivity (Wildman–Crippen MR) is 83.0 cm³/mol. The molecule has 19 heavy (non-hydrogen) atoms. The molecule has 2 heterocycles. The third-order valence-electron chi connectivity index (χ3n) is 4.67. The van der Waals surface area contributed by atoms with Gasteiger partial charge in [-0.25, -0.2) is 0 Å². The lowest BCUT2D eigenvalue weighted by Crippen LogP contribution is -2.40. The summed E-state index contributed by atoms with van der Waals surface area (Å²) in [5.74, 6) is 1.86. The summed E-state index contributed by atoms with van der Waals surface area (Å²) in [4.78, 5) is 2.58. The van der Waals surface area contributed by atoms with Crippen molar-refractivity contribution in [3.8, 4) is 0 Å². The van der Waals surface area contributed by atoms with E-state index < -0.39 is 0 Å². The van der Waals surface area contributed by atoms with Gasteiger partial charge in [-0.15, -0.1) is 0 Å². The van der Waals surface area contributed by atoms with Crippen molar-refractivity contribution in [2.75, 3.05) is 13.1 Å². The maximum absolute atomic E-state index is 6.03. The highest BCUT2D eigenvalue weighted by molar-refractivity contribution is 9.13. The minimum absolute atomic E-state index is 0.218. The smallest absolute Gasteiger partial charge is 0.183 e. The number of nitrogens with two attached hydrogens (primary N) is 1. The van der Waals surface area contributed by atoms with Gasteiger partial charge in [-0.2, -0.15) is 0 Å². The topological polar surface area (TPSA) is 42.4 Å². The Morgan fingerprint density at radius 2 is 2.11 bits per heavy atom. The van der Waals surface area contributed by atoms with Crippen molar-refractivity contribution in [3.05, 3.63) is 21.0 Å². The molecular weight excluding hydrogens is 372 g/mol. The quantitative estimate of drug-likeness (QED) is 0.844. The van der Waals surface area contributed by atoms with Gasteiger partial charge < -0.3 is 10.2 Å². The van der Waals surface area contributed by atoms with Crippen LogP contribution in [0, 0.1) is 5.92 Å². The Bertz CT molecular complexity index is 429. The van der Waals surface area contributed by atoms with Gasteiger partial charge in [-0.05, 0) is 69.7 Å². The van der Waals surface area contributed by atoms with E-state index in [1.165, 1.54) is 32.1 Å². The van der Waals surface area contributed by atoms with Gasteiger partial charge in [-0.3, -0.25) is 4.90 Å². The van der Waals surface area contributed by atoms with Gasteiger partial charge in [0.15, 0.2) is 4.67 Å². The molecule has 106 valence electrons. The second kappa shape index (κ2) is 5.88. The molecule has 5 heteroatoms. The van der Waals surface area contributed by atoms with Crippen LogP contribution in [0.5, 0.6) is 0 Å². The first-order chi connectivity index (χ1) is 9.20. The van der Waals surface area contributed by atoms with E-state index in [0.29, 0.717) is 12.6 Å². The number of halogens is 2. The number of furan rings is 1. The summed E-state index contributed by atoms with van der Waals surface area (Å²) in [6, 6.07) is 2.98. The summed E-state index contributed by atoms with van der Waals surface area (Å²) in [6.45, 7) is 1.78. The van der Waals surface area contributed by atoms with Gasteiger partial charge in [-0.1, -0.05) is 12.8 Å². The van der Waals surface area contributed by atoms with Gasteiger partial charge in [0.05, 0.1) is 10.5 Å². The molecule has 1 aliphatic heterocycles. The second-order valence-electron chi connectivity index (χ2n) is 5.66. The Hall–Kier alpha value is 0.160. The van der Waals surface area contributed by atoms with Crippen LogP contribution in [-0.4, -0.2) is 24.0 Å². The molecule has 0 aromatic carbocycles. The van der Waals surface area contributed by atoms with E-state index >= 15 is 0 Å². The fourth-order valence-electron chi connectivity index (χ4n) is 3.77. The summed E-state index contributed by atoms with van der Waals surface area (Å²) >= 11 is 6.91. The van der Waals surface area contributed by atoms with Crippen LogP contribution in [0.4, 0.5) is 0 Å². The number of fused-ring (bicyclic) bond motifs is 1. The third-order valence-corrected chi connectivity index (χ3v) is 6.38. The van der Waals surface area contributed by atoms with Crippen molar-refractivity contribution >= 4 is 31.9 Å². The maximum atomic E-state index is 6.03. The van der Waals surface area contributed by atoms with Crippen LogP contribution in [0.3, 0.4) is 0 Å². The van der Waals surface area contributed by atoms with Gasteiger partial charge in [0, 0.05) is 12.6 Å². The number of nitrogens with zero attached hydrogens (tertiary/aromatic N) is 1. The van der Waals surface area contributed by atoms with Crippen LogP contribution in [-0.2, 0) is 0 Å². The van der Waals surface area contributed by atoms with Crippen LogP contribution in [0.2, 0.25) is 0 Å². The highest BCUT2D eigenvalue weighted by Gasteiger charge is 2.40. The molecule has 1 aromatic rings. The standard InChI is InChI=1S/C14H20Br2N2O/c15-10-7-13(19-14(10)16)12(8-17)18-6-5-9-3-1-2-4-11(9)18/h7,9,11-12H,1-6,8,17H2. The summed E-state index contributed by atoms with van der Waals surface area (Å²) in [7, 11) is 0. The number of hydrogen-bond donors (Lipinski definition) is 1. The van der Waals surface area contributed by atoms with Crippen molar-refractivity contribution in [1.82, 2.24) is 4.90 Å². The highest BCUT2D eigenvalue weighted by Crippen LogP contribution is 2.41. The van der Waals surface area contributed by atoms with E-state index in [1.807, 2.05) is 0 Å². The monoisotopic (exact) mass is 390 g/mol. The fraction of sp³-hybridized carbons (Fsp3) is 0.714. The van der Waals surface area contributed by atoms with E-state index in [-0.39, 0.29) is 6.04 Å². The molecule has 3 atom stereocenters. The summed E-state index contributed by atoms with van der Waals surface area (Å²) in [5, 5.41) is 0. The summed E-state index contributed by atoms with van der Waals surface area (Å²) in [6.07, 6.45) is 6.80. The Morgan fingerprint density at radius 3 is 2.79 bits per heavy atom. The lowest BCUT2D eigenvalue weighted by Gasteiger charge is -2.35. The van der Waals surface area contributed by atoms with Crippen molar-refractivity contribution in [3.63, 3.8) is 0 Å². The third kappa shape index (κ3) is 2.67. The molecule has 2 fully saturated rings. The Labute approximate surface area is 131 Å². The molecule has 0 bridgehead atoms. The predicted octanol–water partition coefficient (Wildman–Crippen LogP) is 4.07. The van der Waals surface area contributed by atoms with Crippen LogP contribution < -0.4 is 5.73 Å². The van der Waals surface area contributed by atoms with Crippen molar-refractivity contribution in [2.24, 2.45) is 11.7 Å². The molecule has 2 N–H and O–H groups in total. The number of hydrogen-bond acceptors (Lipinski definition) is 3. The van der Waals surface area contributed by atoms with Crippen LogP contribution >= 0.6 is 31.9 Å². The lowest BCUT2D eigenvalue weighted by atomic mass is 9.85. The Kier molecular flexibility index (Phi) is 4.37. The maximum Gasteiger partial charge on any atom is 0.183 e. The molecular formula is C14H20Br2N2O. The largest absolute Gasteiger partial charge is 0.451 e. The average Bonchev–Trinajstić information content (AvgIpc) is 2.97. The normalized spacial score (nSPS) is 29.4. The lowest BCUT2D eigenvalue weighted by molar-refractivity contribution is 0.121. The van der Waals surface area contributed by atoms with E-state index in [9.17, 15) is 0 Å². The van der Waals surface area contributed by atoms with Gasteiger partial charge >= 0.3 is 0 Å². The van der Waals surface area contributed by atoms with Gasteiger partial charge in [0.2, 0.25) is 0 Å². The fourth-order valence-corrected chi connectivity index (χ4v) is 4.38. The molecule has 0 amide bonds. The molecule has 0 spiro atoms. The highest BCUT2D eigenvalue weighted by atomic mass is 79.9. The van der Waals surface area contributed by atoms with E-state index in [0.717, 1.165) is 27.4 Å². The van der Waals surface area contributed by atoms with E-state index in [2.05, 4.69) is 42.8 Å². The van der Waals surface area contributed by atoms with Gasteiger partial charge in [0.1, 0.15) is 5.76 Å². The molecule has 2 aliphatic rings. The minimum atomic E-state index is 0.218. The second-order valence-corrected chi connectivity index (χ2v) is 7.23. The molecule has 3 nitrogen and oxygen atoms in total. The molecule has 3 rings (SSSR count). The zero-order chi connectivity index (χ0) is 13.4. The number of rotatable bonds is 3. The first-order valence-electron chi connectivity index (χ1n) is 7.11. The molecule has 1 saturated carbocycles. The molecule has 0 radical (unpaired) electrons. The first-order valence-corrected chi connectivity index (χ1v) is 8.70. The summed E-state index contributed by atoms with van der Waals surface area (Å²) in [5.41, 5.74) is 6.03. The molecule has 1 aliphatic carbocycles.